The summed E-state index contributed by atoms with van der Waals surface area (Å²) in [5, 5.41) is 0.720. The second kappa shape index (κ2) is 8.31. The molecule has 1 saturated heterocycles. The van der Waals surface area contributed by atoms with Crippen molar-refractivity contribution in [3.63, 3.8) is 0 Å². The van der Waals surface area contributed by atoms with Crippen molar-refractivity contribution in [2.24, 2.45) is 5.84 Å². The molecule has 1 aliphatic rings. The second-order valence-corrected chi connectivity index (χ2v) is 4.49. The maximum Gasteiger partial charge on any atom is 0.327 e. The molecule has 1 aliphatic heterocycles. The number of piperidine rings is 1. The van der Waals surface area contributed by atoms with Gasteiger partial charge in [-0.05, 0) is 26.2 Å². The van der Waals surface area contributed by atoms with Crippen molar-refractivity contribution >= 4 is 17.8 Å². The Balaban J connectivity index is 2.41. The zero-order valence-electron chi connectivity index (χ0n) is 11.7. The van der Waals surface area contributed by atoms with E-state index >= 15 is 0 Å². The first-order valence-corrected chi connectivity index (χ1v) is 6.73. The third-order valence-electron chi connectivity index (χ3n) is 2.92. The predicted octanol–water partition coefficient (Wildman–Crippen LogP) is -0.179. The summed E-state index contributed by atoms with van der Waals surface area (Å²) in [5.74, 6) is 4.02. The van der Waals surface area contributed by atoms with Crippen molar-refractivity contribution in [1.82, 2.24) is 9.91 Å². The van der Waals surface area contributed by atoms with Gasteiger partial charge < -0.3 is 9.64 Å². The molecular weight excluding hydrogens is 262 g/mol. The van der Waals surface area contributed by atoms with E-state index in [2.05, 4.69) is 4.74 Å². The van der Waals surface area contributed by atoms with Crippen LogP contribution >= 0.6 is 0 Å². The van der Waals surface area contributed by atoms with Crippen LogP contribution in [0.3, 0.4) is 0 Å². The van der Waals surface area contributed by atoms with Gasteiger partial charge in [-0.15, -0.1) is 0 Å². The van der Waals surface area contributed by atoms with Gasteiger partial charge in [0.05, 0.1) is 6.61 Å². The lowest BCUT2D eigenvalue weighted by Crippen LogP contribution is -2.41. The standard InChI is InChI=1S/C13H21N3O4/c1-2-20-13(19)10-16(14)12(18)7-6-11(17)15-8-4-3-5-9-15/h6-7H,2-5,8-10,14H2,1H3/b7-6+. The predicted molar refractivity (Wildman–Crippen MR) is 72.1 cm³/mol. The van der Waals surface area contributed by atoms with Crippen LogP contribution in [-0.4, -0.2) is 53.9 Å². The number of nitrogens with two attached hydrogens (primary N) is 1. The van der Waals surface area contributed by atoms with E-state index in [0.717, 1.165) is 30.3 Å². The van der Waals surface area contributed by atoms with Gasteiger partial charge in [-0.3, -0.25) is 19.4 Å². The van der Waals surface area contributed by atoms with Crippen LogP contribution in [0.4, 0.5) is 0 Å². The van der Waals surface area contributed by atoms with Gasteiger partial charge in [0.2, 0.25) is 5.91 Å². The van der Waals surface area contributed by atoms with E-state index in [1.165, 1.54) is 6.08 Å². The average molecular weight is 283 g/mol. The molecule has 7 heteroatoms. The van der Waals surface area contributed by atoms with Gasteiger partial charge >= 0.3 is 5.97 Å². The number of hydrogen-bond acceptors (Lipinski definition) is 5. The molecule has 0 aromatic rings. The molecule has 0 atom stereocenters. The van der Waals surface area contributed by atoms with Gasteiger partial charge in [-0.1, -0.05) is 0 Å². The van der Waals surface area contributed by atoms with E-state index in [9.17, 15) is 14.4 Å². The van der Waals surface area contributed by atoms with Crippen molar-refractivity contribution in [2.75, 3.05) is 26.2 Å². The fourth-order valence-electron chi connectivity index (χ4n) is 1.88. The minimum Gasteiger partial charge on any atom is -0.465 e. The molecule has 0 saturated carbocycles. The maximum absolute atomic E-state index is 11.8. The SMILES string of the molecule is CCOC(=O)CN(N)C(=O)/C=C/C(=O)N1CCCCC1. The van der Waals surface area contributed by atoms with Crippen LogP contribution in [0.5, 0.6) is 0 Å². The van der Waals surface area contributed by atoms with Crippen LogP contribution in [0.2, 0.25) is 0 Å². The lowest BCUT2D eigenvalue weighted by Gasteiger charge is -2.25. The van der Waals surface area contributed by atoms with Gasteiger partial charge in [0.25, 0.3) is 5.91 Å². The molecule has 2 amide bonds. The number of ether oxygens (including phenoxy) is 1. The van der Waals surface area contributed by atoms with E-state index in [0.29, 0.717) is 13.1 Å². The molecule has 0 radical (unpaired) electrons. The summed E-state index contributed by atoms with van der Waals surface area (Å²) in [4.78, 5) is 36.2. The molecule has 112 valence electrons. The molecule has 1 heterocycles. The summed E-state index contributed by atoms with van der Waals surface area (Å²) in [6, 6.07) is 0. The van der Waals surface area contributed by atoms with Crippen molar-refractivity contribution in [2.45, 2.75) is 26.2 Å². The Morgan fingerprint density at radius 3 is 2.45 bits per heavy atom. The number of esters is 1. The summed E-state index contributed by atoms with van der Waals surface area (Å²) < 4.78 is 4.67. The van der Waals surface area contributed by atoms with Crippen molar-refractivity contribution in [3.05, 3.63) is 12.2 Å². The van der Waals surface area contributed by atoms with Gasteiger partial charge in [0.1, 0.15) is 6.54 Å². The Hall–Kier alpha value is -1.89. The minimum absolute atomic E-state index is 0.206. The Kier molecular flexibility index (Phi) is 6.72. The molecule has 0 spiro atoms. The Labute approximate surface area is 118 Å². The van der Waals surface area contributed by atoms with Crippen LogP contribution in [0.25, 0.3) is 0 Å². The number of carbonyl (C=O) groups excluding carboxylic acids is 3. The van der Waals surface area contributed by atoms with Crippen molar-refractivity contribution in [3.8, 4) is 0 Å². The first-order chi connectivity index (χ1) is 9.54. The van der Waals surface area contributed by atoms with E-state index in [4.69, 9.17) is 5.84 Å². The molecule has 7 nitrogen and oxygen atoms in total. The number of hydrogen-bond donors (Lipinski definition) is 1. The quantitative estimate of drug-likeness (QED) is 0.248. The highest BCUT2D eigenvalue weighted by Crippen LogP contribution is 2.08. The normalized spacial score (nSPS) is 15.2. The summed E-state index contributed by atoms with van der Waals surface area (Å²) in [6.07, 6.45) is 5.37. The van der Waals surface area contributed by atoms with Crippen LogP contribution < -0.4 is 5.84 Å². The number of amides is 2. The highest BCUT2D eigenvalue weighted by Gasteiger charge is 2.16. The van der Waals surface area contributed by atoms with Crippen LogP contribution in [0.15, 0.2) is 12.2 Å². The molecule has 0 bridgehead atoms. The molecule has 0 aromatic heterocycles. The van der Waals surface area contributed by atoms with E-state index in [-0.39, 0.29) is 19.1 Å². The fourth-order valence-corrected chi connectivity index (χ4v) is 1.88. The highest BCUT2D eigenvalue weighted by molar-refractivity contribution is 5.97. The molecule has 0 unspecified atom stereocenters. The number of carbonyl (C=O) groups is 3. The number of likely N-dealkylation sites (tertiary alicyclic amines) is 1. The molecule has 1 fully saturated rings. The van der Waals surface area contributed by atoms with Crippen molar-refractivity contribution in [1.29, 1.82) is 0 Å². The molecule has 0 aliphatic carbocycles. The van der Waals surface area contributed by atoms with Crippen molar-refractivity contribution < 1.29 is 19.1 Å². The van der Waals surface area contributed by atoms with E-state index in [1.807, 2.05) is 0 Å². The zero-order valence-corrected chi connectivity index (χ0v) is 11.7. The summed E-state index contributed by atoms with van der Waals surface area (Å²) in [5.41, 5.74) is 0. The zero-order chi connectivity index (χ0) is 15.0. The fraction of sp³-hybridized carbons (Fsp3) is 0.615. The molecule has 20 heavy (non-hydrogen) atoms. The van der Waals surface area contributed by atoms with Crippen LogP contribution in [0.1, 0.15) is 26.2 Å². The van der Waals surface area contributed by atoms with Gasteiger partial charge in [-0.25, -0.2) is 5.84 Å². The molecule has 2 N–H and O–H groups in total. The third-order valence-corrected chi connectivity index (χ3v) is 2.92. The van der Waals surface area contributed by atoms with E-state index < -0.39 is 11.9 Å². The third kappa shape index (κ3) is 5.40. The number of nitrogens with zero attached hydrogens (tertiary/aromatic N) is 2. The first-order valence-electron chi connectivity index (χ1n) is 6.73. The smallest absolute Gasteiger partial charge is 0.327 e. The second-order valence-electron chi connectivity index (χ2n) is 4.49. The Bertz CT molecular complexity index is 389. The summed E-state index contributed by atoms with van der Waals surface area (Å²) in [7, 11) is 0. The van der Waals surface area contributed by atoms with Crippen LogP contribution in [0, 0.1) is 0 Å². The lowest BCUT2D eigenvalue weighted by atomic mass is 10.1. The van der Waals surface area contributed by atoms with Gasteiger partial charge in [0, 0.05) is 25.2 Å². The average Bonchev–Trinajstić information content (AvgIpc) is 2.45. The monoisotopic (exact) mass is 283 g/mol. The van der Waals surface area contributed by atoms with E-state index in [1.54, 1.807) is 11.8 Å². The Morgan fingerprint density at radius 2 is 1.85 bits per heavy atom. The summed E-state index contributed by atoms with van der Waals surface area (Å²) in [6.45, 7) is 2.98. The largest absolute Gasteiger partial charge is 0.465 e. The first kappa shape index (κ1) is 16.2. The minimum atomic E-state index is -0.608. The molecule has 0 aromatic carbocycles. The lowest BCUT2D eigenvalue weighted by molar-refractivity contribution is -0.147. The topological polar surface area (TPSA) is 92.9 Å². The highest BCUT2D eigenvalue weighted by atomic mass is 16.5. The van der Waals surface area contributed by atoms with Gasteiger partial charge in [0.15, 0.2) is 0 Å². The van der Waals surface area contributed by atoms with Gasteiger partial charge in [-0.2, -0.15) is 0 Å². The number of rotatable bonds is 5. The van der Waals surface area contributed by atoms with Crippen LogP contribution in [-0.2, 0) is 19.1 Å². The Morgan fingerprint density at radius 1 is 1.20 bits per heavy atom. The number of hydrazine groups is 1. The molecule has 1 rings (SSSR count). The summed E-state index contributed by atoms with van der Waals surface area (Å²) >= 11 is 0. The molecular formula is C13H21N3O4. The maximum atomic E-state index is 11.8.